The van der Waals surface area contributed by atoms with Crippen LogP contribution in [0.2, 0.25) is 0 Å². The molecule has 2 nitrogen and oxygen atoms in total. The zero-order chi connectivity index (χ0) is 9.57. The summed E-state index contributed by atoms with van der Waals surface area (Å²) in [4.78, 5) is 2.31. The first-order valence-corrected chi connectivity index (χ1v) is 4.73. The monoisotopic (exact) mass is 171 g/mol. The lowest BCUT2D eigenvalue weighted by atomic mass is 9.92. The minimum Gasteiger partial charge on any atom is -0.389 e. The molecular weight excluding hydrogens is 150 g/mol. The Morgan fingerprint density at radius 1 is 1.50 bits per heavy atom. The van der Waals surface area contributed by atoms with Gasteiger partial charge in [0.25, 0.3) is 0 Å². The molecule has 0 aromatic heterocycles. The predicted molar refractivity (Wildman–Crippen MR) is 51.1 cm³/mol. The molecule has 1 rings (SSSR count). The zero-order valence-corrected chi connectivity index (χ0v) is 8.89. The van der Waals surface area contributed by atoms with E-state index in [1.807, 2.05) is 6.92 Å². The van der Waals surface area contributed by atoms with E-state index in [9.17, 15) is 5.11 Å². The van der Waals surface area contributed by atoms with Crippen molar-refractivity contribution in [3.63, 3.8) is 0 Å². The van der Waals surface area contributed by atoms with Crippen molar-refractivity contribution in [2.45, 2.75) is 45.8 Å². The second-order valence-electron chi connectivity index (χ2n) is 5.18. The van der Waals surface area contributed by atoms with Crippen LogP contribution in [0.5, 0.6) is 0 Å². The quantitative estimate of drug-likeness (QED) is 0.650. The molecule has 1 fully saturated rings. The Morgan fingerprint density at radius 3 is 2.17 bits per heavy atom. The topological polar surface area (TPSA) is 23.2 Å². The second-order valence-corrected chi connectivity index (χ2v) is 5.18. The van der Waals surface area contributed by atoms with Gasteiger partial charge >= 0.3 is 0 Å². The number of hydrogen-bond acceptors (Lipinski definition) is 2. The summed E-state index contributed by atoms with van der Waals surface area (Å²) in [5.41, 5.74) is -0.202. The van der Waals surface area contributed by atoms with Crippen LogP contribution in [0.3, 0.4) is 0 Å². The fourth-order valence-corrected chi connectivity index (χ4v) is 1.27. The molecule has 1 N–H and O–H groups in total. The van der Waals surface area contributed by atoms with Crippen molar-refractivity contribution >= 4 is 0 Å². The zero-order valence-electron chi connectivity index (χ0n) is 8.89. The number of β-amino-alcohol motifs (C(OH)–C–C–N with tert-alkyl or cyclic N) is 1. The maximum absolute atomic E-state index is 9.99. The van der Waals surface area contributed by atoms with E-state index in [1.54, 1.807) is 0 Å². The Labute approximate surface area is 75.6 Å². The fraction of sp³-hybridized carbons (Fsp3) is 1.00. The van der Waals surface area contributed by atoms with Gasteiger partial charge < -0.3 is 5.11 Å². The van der Waals surface area contributed by atoms with Crippen LogP contribution >= 0.6 is 0 Å². The van der Waals surface area contributed by atoms with Gasteiger partial charge in [-0.1, -0.05) is 13.8 Å². The Morgan fingerprint density at radius 2 is 1.92 bits per heavy atom. The first-order chi connectivity index (χ1) is 5.26. The Hall–Kier alpha value is -0.0800. The highest BCUT2D eigenvalue weighted by Crippen LogP contribution is 2.33. The van der Waals surface area contributed by atoms with Crippen molar-refractivity contribution in [1.82, 2.24) is 4.90 Å². The molecule has 0 saturated carbocycles. The smallest absolute Gasteiger partial charge is 0.0769 e. The summed E-state index contributed by atoms with van der Waals surface area (Å²) in [7, 11) is 0. The molecule has 0 bridgehead atoms. The lowest BCUT2D eigenvalue weighted by Crippen LogP contribution is -2.39. The molecule has 2 unspecified atom stereocenters. The van der Waals surface area contributed by atoms with Crippen LogP contribution in [0, 0.1) is 5.92 Å². The second kappa shape index (κ2) is 2.71. The van der Waals surface area contributed by atoms with Gasteiger partial charge in [-0.05, 0) is 26.7 Å². The normalized spacial score (nSPS) is 31.8. The third kappa shape index (κ3) is 1.99. The molecule has 12 heavy (non-hydrogen) atoms. The largest absolute Gasteiger partial charge is 0.389 e. The van der Waals surface area contributed by atoms with Crippen LogP contribution in [0.4, 0.5) is 0 Å². The molecule has 1 saturated heterocycles. The lowest BCUT2D eigenvalue weighted by Gasteiger charge is -2.29. The van der Waals surface area contributed by atoms with Gasteiger partial charge in [-0.25, -0.2) is 0 Å². The summed E-state index contributed by atoms with van der Waals surface area (Å²) < 4.78 is 0. The van der Waals surface area contributed by atoms with Crippen LogP contribution in [0.25, 0.3) is 0 Å². The standard InChI is InChI=1S/C10H21NO/c1-8(2)10(5,12)7-11-6-9(11,3)4/h8,12H,6-7H2,1-5H3. The first kappa shape index (κ1) is 10.0. The van der Waals surface area contributed by atoms with Crippen molar-refractivity contribution in [2.75, 3.05) is 13.1 Å². The summed E-state index contributed by atoms with van der Waals surface area (Å²) in [5, 5.41) is 9.99. The van der Waals surface area contributed by atoms with E-state index in [-0.39, 0.29) is 0 Å². The van der Waals surface area contributed by atoms with Gasteiger partial charge in [-0.3, -0.25) is 4.90 Å². The van der Waals surface area contributed by atoms with Crippen molar-refractivity contribution < 1.29 is 5.11 Å². The highest BCUT2D eigenvalue weighted by Gasteiger charge is 2.46. The van der Waals surface area contributed by atoms with Crippen LogP contribution in [-0.2, 0) is 0 Å². The van der Waals surface area contributed by atoms with E-state index in [4.69, 9.17) is 0 Å². The molecule has 2 heteroatoms. The van der Waals surface area contributed by atoms with Crippen LogP contribution in [0.15, 0.2) is 0 Å². The van der Waals surface area contributed by atoms with Gasteiger partial charge in [0.15, 0.2) is 0 Å². The number of aliphatic hydroxyl groups is 1. The molecule has 1 aliphatic rings. The summed E-state index contributed by atoms with van der Waals surface area (Å²) in [6, 6.07) is 0. The third-order valence-corrected chi connectivity index (χ3v) is 3.09. The van der Waals surface area contributed by atoms with Gasteiger partial charge in [-0.2, -0.15) is 0 Å². The van der Waals surface area contributed by atoms with Crippen LogP contribution in [0.1, 0.15) is 34.6 Å². The molecule has 0 aliphatic carbocycles. The molecule has 0 amide bonds. The fourth-order valence-electron chi connectivity index (χ4n) is 1.27. The van der Waals surface area contributed by atoms with E-state index in [0.717, 1.165) is 13.1 Å². The minimum atomic E-state index is -0.534. The SMILES string of the molecule is CC(C)C(C)(O)CN1CC1(C)C. The predicted octanol–water partition coefficient (Wildman–Crippen LogP) is 1.49. The van der Waals surface area contributed by atoms with Crippen molar-refractivity contribution in [3.05, 3.63) is 0 Å². The maximum atomic E-state index is 9.99. The first-order valence-electron chi connectivity index (χ1n) is 4.73. The molecule has 2 atom stereocenters. The molecule has 1 aliphatic heterocycles. The van der Waals surface area contributed by atoms with E-state index in [1.165, 1.54) is 0 Å². The lowest BCUT2D eigenvalue weighted by molar-refractivity contribution is -0.00224. The van der Waals surface area contributed by atoms with Gasteiger partial charge in [0, 0.05) is 18.6 Å². The summed E-state index contributed by atoms with van der Waals surface area (Å²) in [5.74, 6) is 0.328. The molecule has 0 aromatic rings. The number of hydrogen-bond donors (Lipinski definition) is 1. The molecule has 72 valence electrons. The summed E-state index contributed by atoms with van der Waals surface area (Å²) in [6.07, 6.45) is 0. The van der Waals surface area contributed by atoms with Gasteiger partial charge in [0.2, 0.25) is 0 Å². The van der Waals surface area contributed by atoms with Crippen molar-refractivity contribution in [3.8, 4) is 0 Å². The Kier molecular flexibility index (Phi) is 2.26. The van der Waals surface area contributed by atoms with E-state index in [0.29, 0.717) is 11.5 Å². The minimum absolute atomic E-state index is 0.328. The highest BCUT2D eigenvalue weighted by molar-refractivity contribution is 5.02. The van der Waals surface area contributed by atoms with E-state index < -0.39 is 5.60 Å². The van der Waals surface area contributed by atoms with Crippen LogP contribution in [-0.4, -0.2) is 34.2 Å². The van der Waals surface area contributed by atoms with Crippen molar-refractivity contribution in [1.29, 1.82) is 0 Å². The molecule has 0 aromatic carbocycles. The average molecular weight is 171 g/mol. The Balaban J connectivity index is 2.42. The molecule has 0 radical (unpaired) electrons. The van der Waals surface area contributed by atoms with Gasteiger partial charge in [0.1, 0.15) is 0 Å². The highest BCUT2D eigenvalue weighted by atomic mass is 16.3. The van der Waals surface area contributed by atoms with Crippen molar-refractivity contribution in [2.24, 2.45) is 5.92 Å². The summed E-state index contributed by atoms with van der Waals surface area (Å²) >= 11 is 0. The molecule has 0 spiro atoms. The van der Waals surface area contributed by atoms with E-state index in [2.05, 4.69) is 32.6 Å². The number of nitrogens with zero attached hydrogens (tertiary/aromatic N) is 1. The average Bonchev–Trinajstić information content (AvgIpc) is 2.37. The Bertz CT molecular complexity index is 173. The summed E-state index contributed by atoms with van der Waals surface area (Å²) in [6.45, 7) is 12.4. The maximum Gasteiger partial charge on any atom is 0.0769 e. The number of rotatable bonds is 3. The van der Waals surface area contributed by atoms with Gasteiger partial charge in [0.05, 0.1) is 5.60 Å². The van der Waals surface area contributed by atoms with E-state index >= 15 is 0 Å². The molecular formula is C10H21NO. The van der Waals surface area contributed by atoms with Crippen LogP contribution < -0.4 is 0 Å². The third-order valence-electron chi connectivity index (χ3n) is 3.09. The molecule has 1 heterocycles. The van der Waals surface area contributed by atoms with Gasteiger partial charge in [-0.15, -0.1) is 0 Å².